The molecule has 2 atom stereocenters. The van der Waals surface area contributed by atoms with Crippen molar-refractivity contribution in [2.75, 3.05) is 6.54 Å². The quantitative estimate of drug-likeness (QED) is 0.570. The number of rotatable bonds is 10. The van der Waals surface area contributed by atoms with Crippen LogP contribution in [0.3, 0.4) is 0 Å². The minimum Gasteiger partial charge on any atom is -0.481 e. The molecule has 0 spiro atoms. The zero-order chi connectivity index (χ0) is 16.4. The van der Waals surface area contributed by atoms with E-state index in [0.717, 1.165) is 12.8 Å². The van der Waals surface area contributed by atoms with Gasteiger partial charge in [-0.05, 0) is 24.7 Å². The Bertz CT molecular complexity index is 356. The van der Waals surface area contributed by atoms with Crippen LogP contribution >= 0.6 is 0 Å². The number of aliphatic carboxylic acids is 1. The SMILES string of the molecule is CCC(CCNC(=O)C(NC(C)=O)C(C)C)CCC(=O)O. The molecule has 6 heteroatoms. The van der Waals surface area contributed by atoms with Gasteiger partial charge in [-0.3, -0.25) is 14.4 Å². The van der Waals surface area contributed by atoms with Crippen molar-refractivity contribution in [3.63, 3.8) is 0 Å². The number of carbonyl (C=O) groups excluding carboxylic acids is 2. The molecule has 0 saturated heterocycles. The van der Waals surface area contributed by atoms with Crippen molar-refractivity contribution in [3.8, 4) is 0 Å². The summed E-state index contributed by atoms with van der Waals surface area (Å²) < 4.78 is 0. The third kappa shape index (κ3) is 9.05. The van der Waals surface area contributed by atoms with Crippen LogP contribution in [0.4, 0.5) is 0 Å². The van der Waals surface area contributed by atoms with Crippen LogP contribution in [0.25, 0.3) is 0 Å². The van der Waals surface area contributed by atoms with Gasteiger partial charge in [-0.15, -0.1) is 0 Å². The highest BCUT2D eigenvalue weighted by molar-refractivity contribution is 5.86. The summed E-state index contributed by atoms with van der Waals surface area (Å²) >= 11 is 0. The highest BCUT2D eigenvalue weighted by atomic mass is 16.4. The molecular weight excluding hydrogens is 272 g/mol. The number of nitrogens with one attached hydrogen (secondary N) is 2. The van der Waals surface area contributed by atoms with Gasteiger partial charge in [0, 0.05) is 19.9 Å². The molecular formula is C15H28N2O4. The maximum absolute atomic E-state index is 12.0. The molecule has 2 unspecified atom stereocenters. The monoisotopic (exact) mass is 300 g/mol. The van der Waals surface area contributed by atoms with E-state index in [1.807, 2.05) is 20.8 Å². The number of amides is 2. The Labute approximate surface area is 126 Å². The molecule has 0 aromatic rings. The van der Waals surface area contributed by atoms with E-state index < -0.39 is 12.0 Å². The molecule has 0 aliphatic heterocycles. The largest absolute Gasteiger partial charge is 0.481 e. The van der Waals surface area contributed by atoms with Crippen LogP contribution in [-0.4, -0.2) is 35.5 Å². The van der Waals surface area contributed by atoms with Crippen molar-refractivity contribution in [2.45, 2.75) is 59.4 Å². The summed E-state index contributed by atoms with van der Waals surface area (Å²) in [5, 5.41) is 14.1. The van der Waals surface area contributed by atoms with Gasteiger partial charge in [-0.1, -0.05) is 27.2 Å². The highest BCUT2D eigenvalue weighted by Gasteiger charge is 2.22. The van der Waals surface area contributed by atoms with E-state index in [4.69, 9.17) is 5.11 Å². The molecule has 122 valence electrons. The maximum Gasteiger partial charge on any atom is 0.303 e. The number of hydrogen-bond acceptors (Lipinski definition) is 3. The molecule has 0 saturated carbocycles. The van der Waals surface area contributed by atoms with Gasteiger partial charge in [0.1, 0.15) is 6.04 Å². The summed E-state index contributed by atoms with van der Waals surface area (Å²) in [5.74, 6) is -0.893. The van der Waals surface area contributed by atoms with Gasteiger partial charge >= 0.3 is 5.97 Å². The van der Waals surface area contributed by atoms with Crippen molar-refractivity contribution in [3.05, 3.63) is 0 Å². The molecule has 0 aliphatic carbocycles. The lowest BCUT2D eigenvalue weighted by molar-refractivity contribution is -0.137. The average Bonchev–Trinajstić information content (AvgIpc) is 2.38. The van der Waals surface area contributed by atoms with Gasteiger partial charge in [0.2, 0.25) is 11.8 Å². The number of carbonyl (C=O) groups is 3. The smallest absolute Gasteiger partial charge is 0.303 e. The Morgan fingerprint density at radius 2 is 1.76 bits per heavy atom. The Morgan fingerprint density at radius 1 is 1.14 bits per heavy atom. The van der Waals surface area contributed by atoms with Crippen LogP contribution in [0.2, 0.25) is 0 Å². The summed E-state index contributed by atoms with van der Waals surface area (Å²) in [4.78, 5) is 33.7. The number of carboxylic acid groups (broad SMARTS) is 1. The fraction of sp³-hybridized carbons (Fsp3) is 0.800. The van der Waals surface area contributed by atoms with Gasteiger partial charge in [-0.25, -0.2) is 0 Å². The topological polar surface area (TPSA) is 95.5 Å². The minimum atomic E-state index is -0.789. The van der Waals surface area contributed by atoms with Crippen molar-refractivity contribution in [2.24, 2.45) is 11.8 Å². The zero-order valence-corrected chi connectivity index (χ0v) is 13.4. The van der Waals surface area contributed by atoms with Crippen LogP contribution in [0, 0.1) is 11.8 Å². The van der Waals surface area contributed by atoms with E-state index in [-0.39, 0.29) is 24.2 Å². The first-order valence-corrected chi connectivity index (χ1v) is 7.54. The summed E-state index contributed by atoms with van der Waals surface area (Å²) in [6, 6.07) is -0.526. The van der Waals surface area contributed by atoms with E-state index in [2.05, 4.69) is 10.6 Å². The van der Waals surface area contributed by atoms with E-state index in [0.29, 0.717) is 18.9 Å². The third-order valence-electron chi connectivity index (χ3n) is 3.50. The zero-order valence-electron chi connectivity index (χ0n) is 13.4. The van der Waals surface area contributed by atoms with Crippen molar-refractivity contribution >= 4 is 17.8 Å². The van der Waals surface area contributed by atoms with Crippen LogP contribution in [0.1, 0.15) is 53.4 Å². The van der Waals surface area contributed by atoms with Crippen LogP contribution in [0.15, 0.2) is 0 Å². The minimum absolute atomic E-state index is 0.0166. The first-order valence-electron chi connectivity index (χ1n) is 7.54. The van der Waals surface area contributed by atoms with E-state index in [1.54, 1.807) is 0 Å². The Morgan fingerprint density at radius 3 is 2.19 bits per heavy atom. The fourth-order valence-corrected chi connectivity index (χ4v) is 2.14. The lowest BCUT2D eigenvalue weighted by Crippen LogP contribution is -2.49. The van der Waals surface area contributed by atoms with E-state index in [9.17, 15) is 14.4 Å². The molecule has 0 heterocycles. The molecule has 0 aliphatic rings. The van der Waals surface area contributed by atoms with Crippen molar-refractivity contribution < 1.29 is 19.5 Å². The molecule has 0 radical (unpaired) electrons. The molecule has 3 N–H and O–H groups in total. The molecule has 6 nitrogen and oxygen atoms in total. The van der Waals surface area contributed by atoms with E-state index >= 15 is 0 Å². The van der Waals surface area contributed by atoms with Crippen molar-refractivity contribution in [1.29, 1.82) is 0 Å². The van der Waals surface area contributed by atoms with Crippen LogP contribution < -0.4 is 10.6 Å². The van der Waals surface area contributed by atoms with Gasteiger partial charge < -0.3 is 15.7 Å². The van der Waals surface area contributed by atoms with Gasteiger partial charge in [-0.2, -0.15) is 0 Å². The Balaban J connectivity index is 4.19. The van der Waals surface area contributed by atoms with Gasteiger partial charge in [0.05, 0.1) is 0 Å². The summed E-state index contributed by atoms with van der Waals surface area (Å²) in [6.07, 6.45) is 2.43. The predicted octanol–water partition coefficient (Wildman–Crippen LogP) is 1.54. The molecule has 21 heavy (non-hydrogen) atoms. The normalized spacial score (nSPS) is 13.6. The summed E-state index contributed by atoms with van der Waals surface area (Å²) in [6.45, 7) is 7.66. The first kappa shape index (κ1) is 19.4. The standard InChI is InChI=1S/C15H28N2O4/c1-5-12(6-7-13(19)20)8-9-16-15(21)14(10(2)3)17-11(4)18/h10,12,14H,5-9H2,1-4H3,(H,16,21)(H,17,18)(H,19,20). The van der Waals surface area contributed by atoms with E-state index in [1.165, 1.54) is 6.92 Å². The average molecular weight is 300 g/mol. The number of hydrogen-bond donors (Lipinski definition) is 3. The lowest BCUT2D eigenvalue weighted by Gasteiger charge is -2.21. The fourth-order valence-electron chi connectivity index (χ4n) is 2.14. The second-order valence-corrected chi connectivity index (χ2v) is 5.71. The molecule has 0 aromatic carbocycles. The summed E-state index contributed by atoms with van der Waals surface area (Å²) in [7, 11) is 0. The lowest BCUT2D eigenvalue weighted by atomic mass is 9.96. The molecule has 0 aromatic heterocycles. The predicted molar refractivity (Wildman–Crippen MR) is 80.7 cm³/mol. The molecule has 2 amide bonds. The molecule has 0 fully saturated rings. The maximum atomic E-state index is 12.0. The third-order valence-corrected chi connectivity index (χ3v) is 3.50. The second kappa shape index (κ2) is 10.2. The number of carboxylic acids is 1. The molecule has 0 rings (SSSR count). The highest BCUT2D eigenvalue weighted by Crippen LogP contribution is 2.14. The Hall–Kier alpha value is -1.59. The van der Waals surface area contributed by atoms with Gasteiger partial charge in [0.25, 0.3) is 0 Å². The second-order valence-electron chi connectivity index (χ2n) is 5.71. The van der Waals surface area contributed by atoms with Gasteiger partial charge in [0.15, 0.2) is 0 Å². The van der Waals surface area contributed by atoms with Crippen molar-refractivity contribution in [1.82, 2.24) is 10.6 Å². The van der Waals surface area contributed by atoms with Crippen LogP contribution in [-0.2, 0) is 14.4 Å². The van der Waals surface area contributed by atoms with Crippen LogP contribution in [0.5, 0.6) is 0 Å². The summed E-state index contributed by atoms with van der Waals surface area (Å²) in [5.41, 5.74) is 0. The first-order chi connectivity index (χ1) is 9.77. The Kier molecular flexibility index (Phi) is 9.41. The molecule has 0 bridgehead atoms.